The molecule has 27 heavy (non-hydrogen) atoms. The first-order valence-corrected chi connectivity index (χ1v) is 8.18. The van der Waals surface area contributed by atoms with Gasteiger partial charge in [-0.1, -0.05) is 41.5 Å². The van der Waals surface area contributed by atoms with Crippen molar-refractivity contribution >= 4 is 11.9 Å². The van der Waals surface area contributed by atoms with Crippen LogP contribution in [0.25, 0.3) is 11.1 Å². The van der Waals surface area contributed by atoms with Crippen molar-refractivity contribution in [2.24, 2.45) is 0 Å². The Hall–Kier alpha value is -3.99. The van der Waals surface area contributed by atoms with Crippen molar-refractivity contribution in [3.8, 4) is 17.2 Å². The molecule has 0 saturated carbocycles. The fourth-order valence-corrected chi connectivity index (χ4v) is 3.30. The van der Waals surface area contributed by atoms with Crippen molar-refractivity contribution in [3.05, 3.63) is 70.9 Å². The molecular weight excluding hydrogens is 344 g/mol. The standard InChI is InChI=1S/C19H14N6O2/c1-11-16(18(26)27)17(25-19(21-11)22-23-24-25)15-5-3-2-4-14(15)13-8-6-12(10-20)7-9-13/h2-9,17H,1H3,(H,26,27)(H,21,22,24). The predicted molar refractivity (Wildman–Crippen MR) is 96.5 cm³/mol. The van der Waals surface area contributed by atoms with E-state index in [-0.39, 0.29) is 5.57 Å². The van der Waals surface area contributed by atoms with E-state index < -0.39 is 12.0 Å². The number of carboxylic acids is 1. The highest BCUT2D eigenvalue weighted by atomic mass is 16.4. The van der Waals surface area contributed by atoms with Crippen molar-refractivity contribution < 1.29 is 9.90 Å². The number of rotatable bonds is 3. The number of anilines is 1. The van der Waals surface area contributed by atoms with Crippen LogP contribution in [0.4, 0.5) is 5.95 Å². The van der Waals surface area contributed by atoms with Crippen molar-refractivity contribution in [2.45, 2.75) is 13.0 Å². The number of nitrogens with one attached hydrogen (secondary N) is 1. The molecule has 1 aliphatic heterocycles. The van der Waals surface area contributed by atoms with Gasteiger partial charge in [-0.05, 0) is 46.2 Å². The van der Waals surface area contributed by atoms with E-state index in [1.807, 2.05) is 36.4 Å². The van der Waals surface area contributed by atoms with Gasteiger partial charge in [0.25, 0.3) is 0 Å². The number of hydrogen-bond acceptors (Lipinski definition) is 6. The van der Waals surface area contributed by atoms with Crippen LogP contribution in [0.15, 0.2) is 59.8 Å². The van der Waals surface area contributed by atoms with Gasteiger partial charge in [-0.2, -0.15) is 9.94 Å². The Morgan fingerprint density at radius 3 is 2.67 bits per heavy atom. The largest absolute Gasteiger partial charge is 0.478 e. The van der Waals surface area contributed by atoms with E-state index in [1.54, 1.807) is 19.1 Å². The summed E-state index contributed by atoms with van der Waals surface area (Å²) >= 11 is 0. The molecule has 0 radical (unpaired) electrons. The van der Waals surface area contributed by atoms with Crippen molar-refractivity contribution in [3.63, 3.8) is 0 Å². The Labute approximate surface area is 154 Å². The van der Waals surface area contributed by atoms with Gasteiger partial charge < -0.3 is 10.4 Å². The van der Waals surface area contributed by atoms with Gasteiger partial charge in [0.1, 0.15) is 6.04 Å². The molecule has 1 aliphatic rings. The van der Waals surface area contributed by atoms with Crippen LogP contribution in [-0.2, 0) is 4.79 Å². The third kappa shape index (κ3) is 2.71. The lowest BCUT2D eigenvalue weighted by Gasteiger charge is -2.27. The Morgan fingerprint density at radius 2 is 1.96 bits per heavy atom. The highest BCUT2D eigenvalue weighted by molar-refractivity contribution is 5.91. The van der Waals surface area contributed by atoms with E-state index in [0.717, 1.165) is 16.7 Å². The smallest absolute Gasteiger partial charge is 0.335 e. The number of hydrogen-bond donors (Lipinski definition) is 2. The number of fused-ring (bicyclic) bond motifs is 1. The summed E-state index contributed by atoms with van der Waals surface area (Å²) in [7, 11) is 0. The monoisotopic (exact) mass is 358 g/mol. The highest BCUT2D eigenvalue weighted by Crippen LogP contribution is 2.38. The van der Waals surface area contributed by atoms with Gasteiger partial charge in [-0.15, -0.1) is 0 Å². The van der Waals surface area contributed by atoms with Crippen LogP contribution in [-0.4, -0.2) is 31.3 Å². The molecule has 0 saturated heterocycles. The quantitative estimate of drug-likeness (QED) is 0.739. The number of aliphatic carboxylic acids is 1. The number of nitrogens with zero attached hydrogens (tertiary/aromatic N) is 5. The second kappa shape index (κ2) is 6.38. The molecule has 2 aromatic carbocycles. The number of carboxylic acid groups (broad SMARTS) is 1. The van der Waals surface area contributed by atoms with Gasteiger partial charge >= 0.3 is 5.97 Å². The lowest BCUT2D eigenvalue weighted by atomic mass is 9.89. The molecule has 0 fully saturated rings. The Bertz CT molecular complexity index is 1110. The summed E-state index contributed by atoms with van der Waals surface area (Å²) in [5, 5.41) is 33.4. The summed E-state index contributed by atoms with van der Waals surface area (Å²) in [6, 6.07) is 16.1. The number of allylic oxidation sites excluding steroid dienone is 1. The number of carbonyl (C=O) groups is 1. The van der Waals surface area contributed by atoms with Crippen LogP contribution in [0.1, 0.15) is 24.1 Å². The number of tetrazole rings is 1. The summed E-state index contributed by atoms with van der Waals surface area (Å²) < 4.78 is 1.47. The van der Waals surface area contributed by atoms with Gasteiger partial charge in [0.05, 0.1) is 17.2 Å². The zero-order valence-corrected chi connectivity index (χ0v) is 14.3. The first-order valence-electron chi connectivity index (χ1n) is 8.18. The fourth-order valence-electron chi connectivity index (χ4n) is 3.30. The van der Waals surface area contributed by atoms with Gasteiger partial charge in [-0.25, -0.2) is 4.79 Å². The van der Waals surface area contributed by atoms with E-state index >= 15 is 0 Å². The first-order chi connectivity index (χ1) is 13.1. The maximum absolute atomic E-state index is 12.0. The van der Waals surface area contributed by atoms with Crippen LogP contribution < -0.4 is 5.32 Å². The summed E-state index contributed by atoms with van der Waals surface area (Å²) in [6.07, 6.45) is 0. The number of nitriles is 1. The molecule has 1 unspecified atom stereocenters. The topological polar surface area (TPSA) is 117 Å². The van der Waals surface area contributed by atoms with Gasteiger partial charge in [-0.3, -0.25) is 0 Å². The van der Waals surface area contributed by atoms with E-state index in [4.69, 9.17) is 5.26 Å². The summed E-state index contributed by atoms with van der Waals surface area (Å²) in [5.41, 5.74) is 3.71. The van der Waals surface area contributed by atoms with Gasteiger partial charge in [0.2, 0.25) is 5.95 Å². The van der Waals surface area contributed by atoms with Crippen LogP contribution in [0, 0.1) is 11.3 Å². The number of benzene rings is 2. The van der Waals surface area contributed by atoms with Crippen LogP contribution in [0.3, 0.4) is 0 Å². The third-order valence-electron chi connectivity index (χ3n) is 4.52. The lowest BCUT2D eigenvalue weighted by Crippen LogP contribution is -2.29. The van der Waals surface area contributed by atoms with Crippen molar-refractivity contribution in [1.29, 1.82) is 5.26 Å². The first kappa shape index (κ1) is 16.5. The van der Waals surface area contributed by atoms with E-state index in [0.29, 0.717) is 17.2 Å². The average molecular weight is 358 g/mol. The molecule has 0 bridgehead atoms. The van der Waals surface area contributed by atoms with Gasteiger partial charge in [0.15, 0.2) is 0 Å². The minimum Gasteiger partial charge on any atom is -0.478 e. The SMILES string of the molecule is CC1=C(C(=O)O)C(c2ccccc2-c2ccc(C#N)cc2)n2nnnc2N1. The minimum atomic E-state index is -1.04. The van der Waals surface area contributed by atoms with Crippen molar-refractivity contribution in [2.75, 3.05) is 5.32 Å². The lowest BCUT2D eigenvalue weighted by molar-refractivity contribution is -0.133. The second-order valence-electron chi connectivity index (χ2n) is 6.09. The van der Waals surface area contributed by atoms with E-state index in [9.17, 15) is 9.90 Å². The van der Waals surface area contributed by atoms with E-state index in [2.05, 4.69) is 26.9 Å². The summed E-state index contributed by atoms with van der Waals surface area (Å²) in [5.74, 6) is -0.655. The molecule has 2 heterocycles. The molecular formula is C19H14N6O2. The molecule has 0 aliphatic carbocycles. The zero-order valence-electron chi connectivity index (χ0n) is 14.3. The molecule has 0 amide bonds. The molecule has 8 heteroatoms. The molecule has 4 rings (SSSR count). The number of aromatic nitrogens is 4. The second-order valence-corrected chi connectivity index (χ2v) is 6.09. The molecule has 0 spiro atoms. The predicted octanol–water partition coefficient (Wildman–Crippen LogP) is 2.59. The highest BCUT2D eigenvalue weighted by Gasteiger charge is 2.35. The van der Waals surface area contributed by atoms with Crippen LogP contribution in [0.2, 0.25) is 0 Å². The normalized spacial score (nSPS) is 15.6. The Morgan fingerprint density at radius 1 is 1.22 bits per heavy atom. The third-order valence-corrected chi connectivity index (χ3v) is 4.52. The molecule has 8 nitrogen and oxygen atoms in total. The molecule has 132 valence electrons. The minimum absolute atomic E-state index is 0.177. The van der Waals surface area contributed by atoms with Crippen LogP contribution >= 0.6 is 0 Å². The maximum Gasteiger partial charge on any atom is 0.335 e. The van der Waals surface area contributed by atoms with Gasteiger partial charge in [0, 0.05) is 5.70 Å². The summed E-state index contributed by atoms with van der Waals surface area (Å²) in [4.78, 5) is 12.0. The van der Waals surface area contributed by atoms with Crippen LogP contribution in [0.5, 0.6) is 0 Å². The van der Waals surface area contributed by atoms with Crippen molar-refractivity contribution in [1.82, 2.24) is 20.2 Å². The zero-order chi connectivity index (χ0) is 19.0. The summed E-state index contributed by atoms with van der Waals surface area (Å²) in [6.45, 7) is 1.69. The fraction of sp³-hybridized carbons (Fsp3) is 0.105. The Balaban J connectivity index is 1.93. The van der Waals surface area contributed by atoms with E-state index in [1.165, 1.54) is 4.68 Å². The maximum atomic E-state index is 12.0. The molecule has 2 N–H and O–H groups in total. The molecule has 1 aromatic heterocycles. The average Bonchev–Trinajstić information content (AvgIpc) is 3.14. The Kier molecular flexibility index (Phi) is 3.90. The molecule has 3 aromatic rings. The molecule has 1 atom stereocenters.